The number of rotatable bonds is 7. The predicted molar refractivity (Wildman–Crippen MR) is 84.0 cm³/mol. The molecule has 0 radical (unpaired) electrons. The summed E-state index contributed by atoms with van der Waals surface area (Å²) >= 11 is 0. The first-order chi connectivity index (χ1) is 9.76. The lowest BCUT2D eigenvalue weighted by Crippen LogP contribution is -2.41. The van der Waals surface area contributed by atoms with Gasteiger partial charge < -0.3 is 11.1 Å². The van der Waals surface area contributed by atoms with E-state index in [1.165, 1.54) is 0 Å². The molecule has 21 heavy (non-hydrogen) atoms. The molecule has 0 heterocycles. The summed E-state index contributed by atoms with van der Waals surface area (Å²) < 4.78 is 22.0. The molecular weight excluding hydrogens is 290 g/mol. The highest BCUT2D eigenvalue weighted by atomic mass is 32.2. The van der Waals surface area contributed by atoms with E-state index in [0.717, 1.165) is 0 Å². The van der Waals surface area contributed by atoms with Crippen molar-refractivity contribution in [2.45, 2.75) is 32.4 Å². The molecule has 0 fully saturated rings. The third kappa shape index (κ3) is 4.80. The van der Waals surface area contributed by atoms with Crippen LogP contribution in [0.25, 0.3) is 0 Å². The fraction of sp³-hybridized carbons (Fsp3) is 0.500. The Morgan fingerprint density at radius 3 is 2.10 bits per heavy atom. The predicted octanol–water partition coefficient (Wildman–Crippen LogP) is 1.18. The molecule has 0 bridgehead atoms. The number of sulfonamides is 1. The number of anilines is 1. The van der Waals surface area contributed by atoms with Crippen molar-refractivity contribution in [1.82, 2.24) is 0 Å². The first-order valence-corrected chi connectivity index (χ1v) is 8.59. The first-order valence-electron chi connectivity index (χ1n) is 6.87. The van der Waals surface area contributed by atoms with Gasteiger partial charge in [0, 0.05) is 12.2 Å². The molecule has 1 amide bonds. The smallest absolute Gasteiger partial charge is 0.231 e. The Morgan fingerprint density at radius 1 is 1.19 bits per heavy atom. The van der Waals surface area contributed by atoms with Gasteiger partial charge in [-0.05, 0) is 30.5 Å². The summed E-state index contributed by atoms with van der Waals surface area (Å²) in [4.78, 5) is 12.3. The van der Waals surface area contributed by atoms with Crippen LogP contribution < -0.4 is 16.2 Å². The minimum atomic E-state index is -3.55. The van der Waals surface area contributed by atoms with Crippen molar-refractivity contribution >= 4 is 21.6 Å². The highest BCUT2D eigenvalue weighted by Crippen LogP contribution is 2.27. The summed E-state index contributed by atoms with van der Waals surface area (Å²) in [5, 5.41) is 7.81. The highest BCUT2D eigenvalue weighted by Gasteiger charge is 2.33. The van der Waals surface area contributed by atoms with E-state index in [1.54, 1.807) is 24.3 Å². The average molecular weight is 313 g/mol. The zero-order chi connectivity index (χ0) is 16.1. The molecule has 1 rings (SSSR count). The van der Waals surface area contributed by atoms with E-state index in [1.807, 2.05) is 13.8 Å². The molecule has 118 valence electrons. The summed E-state index contributed by atoms with van der Waals surface area (Å²) in [7, 11) is -3.55. The molecule has 0 saturated carbocycles. The standard InChI is InChI=1S/C14H23N3O3S/c1-3-14(4-2,10-15)13(18)17-12-7-5-11(6-8-12)9-21(16,19)20/h5-8H,3-4,9-10,15H2,1-2H3,(H,17,18)(H2,16,19,20). The quantitative estimate of drug-likeness (QED) is 0.701. The van der Waals surface area contributed by atoms with Crippen molar-refractivity contribution in [2.24, 2.45) is 16.3 Å². The molecule has 7 heteroatoms. The van der Waals surface area contributed by atoms with Crippen molar-refractivity contribution in [3.05, 3.63) is 29.8 Å². The molecule has 0 aliphatic carbocycles. The van der Waals surface area contributed by atoms with Crippen LogP contribution in [0.2, 0.25) is 0 Å². The van der Waals surface area contributed by atoms with Gasteiger partial charge >= 0.3 is 0 Å². The molecule has 0 aromatic heterocycles. The van der Waals surface area contributed by atoms with Crippen molar-refractivity contribution in [1.29, 1.82) is 0 Å². The molecule has 0 unspecified atom stereocenters. The van der Waals surface area contributed by atoms with Gasteiger partial charge in [-0.25, -0.2) is 13.6 Å². The van der Waals surface area contributed by atoms with Gasteiger partial charge in [0.05, 0.1) is 11.2 Å². The Morgan fingerprint density at radius 2 is 1.71 bits per heavy atom. The van der Waals surface area contributed by atoms with Crippen LogP contribution in [-0.2, 0) is 20.6 Å². The zero-order valence-corrected chi connectivity index (χ0v) is 13.2. The number of amides is 1. The SMILES string of the molecule is CCC(CC)(CN)C(=O)Nc1ccc(CS(N)(=O)=O)cc1. The van der Waals surface area contributed by atoms with Gasteiger partial charge in [0.15, 0.2) is 0 Å². The van der Waals surface area contributed by atoms with Crippen LogP contribution in [-0.4, -0.2) is 20.9 Å². The Hall–Kier alpha value is -1.44. The Balaban J connectivity index is 2.82. The van der Waals surface area contributed by atoms with Gasteiger partial charge in [-0.3, -0.25) is 4.79 Å². The number of carbonyl (C=O) groups excluding carboxylic acids is 1. The van der Waals surface area contributed by atoms with E-state index in [0.29, 0.717) is 24.1 Å². The van der Waals surface area contributed by atoms with Crippen LogP contribution in [0.4, 0.5) is 5.69 Å². The number of hydrogen-bond acceptors (Lipinski definition) is 4. The summed E-state index contributed by atoms with van der Waals surface area (Å²) in [6.45, 7) is 4.16. The second kappa shape index (κ2) is 7.02. The van der Waals surface area contributed by atoms with E-state index >= 15 is 0 Å². The third-order valence-corrected chi connectivity index (χ3v) is 4.54. The maximum atomic E-state index is 12.3. The van der Waals surface area contributed by atoms with Crippen LogP contribution >= 0.6 is 0 Å². The highest BCUT2D eigenvalue weighted by molar-refractivity contribution is 7.88. The number of carbonyl (C=O) groups is 1. The lowest BCUT2D eigenvalue weighted by Gasteiger charge is -2.28. The van der Waals surface area contributed by atoms with Crippen LogP contribution in [0.1, 0.15) is 32.3 Å². The summed E-state index contributed by atoms with van der Waals surface area (Å²) in [5.41, 5.74) is 6.35. The second-order valence-corrected chi connectivity index (χ2v) is 6.76. The molecule has 5 N–H and O–H groups in total. The van der Waals surface area contributed by atoms with Gasteiger partial charge in [0.25, 0.3) is 0 Å². The largest absolute Gasteiger partial charge is 0.329 e. The molecule has 0 saturated heterocycles. The lowest BCUT2D eigenvalue weighted by molar-refractivity contribution is -0.125. The normalized spacial score (nSPS) is 12.2. The molecular formula is C14H23N3O3S. The third-order valence-electron chi connectivity index (χ3n) is 3.81. The number of benzene rings is 1. The Labute approximate surface area is 126 Å². The molecule has 6 nitrogen and oxygen atoms in total. The zero-order valence-electron chi connectivity index (χ0n) is 12.4. The molecule has 0 aliphatic heterocycles. The summed E-state index contributed by atoms with van der Waals surface area (Å²) in [6, 6.07) is 6.57. The molecule has 1 aromatic carbocycles. The maximum absolute atomic E-state index is 12.3. The van der Waals surface area contributed by atoms with Crippen LogP contribution in [0.5, 0.6) is 0 Å². The van der Waals surface area contributed by atoms with Gasteiger partial charge in [0.1, 0.15) is 0 Å². The van der Waals surface area contributed by atoms with Crippen LogP contribution in [0, 0.1) is 5.41 Å². The van der Waals surface area contributed by atoms with Gasteiger partial charge in [-0.15, -0.1) is 0 Å². The monoisotopic (exact) mass is 313 g/mol. The molecule has 0 atom stereocenters. The molecule has 1 aromatic rings. The van der Waals surface area contributed by atoms with E-state index < -0.39 is 15.4 Å². The summed E-state index contributed by atoms with van der Waals surface area (Å²) in [6.07, 6.45) is 1.32. The first kappa shape index (κ1) is 17.6. The van der Waals surface area contributed by atoms with E-state index in [9.17, 15) is 13.2 Å². The van der Waals surface area contributed by atoms with Crippen molar-refractivity contribution in [3.63, 3.8) is 0 Å². The number of hydrogen-bond donors (Lipinski definition) is 3. The molecule has 0 aliphatic rings. The van der Waals surface area contributed by atoms with Crippen LogP contribution in [0.3, 0.4) is 0 Å². The van der Waals surface area contributed by atoms with Gasteiger partial charge in [-0.1, -0.05) is 26.0 Å². The van der Waals surface area contributed by atoms with Crippen molar-refractivity contribution in [3.8, 4) is 0 Å². The van der Waals surface area contributed by atoms with E-state index in [-0.39, 0.29) is 18.2 Å². The van der Waals surface area contributed by atoms with Crippen LogP contribution in [0.15, 0.2) is 24.3 Å². The number of nitrogens with two attached hydrogens (primary N) is 2. The topological polar surface area (TPSA) is 115 Å². The Kier molecular flexibility index (Phi) is 5.88. The Bertz CT molecular complexity index is 570. The number of primary sulfonamides is 1. The number of nitrogens with one attached hydrogen (secondary N) is 1. The van der Waals surface area contributed by atoms with E-state index in [4.69, 9.17) is 10.9 Å². The lowest BCUT2D eigenvalue weighted by atomic mass is 9.81. The minimum Gasteiger partial charge on any atom is -0.329 e. The molecule has 0 spiro atoms. The fourth-order valence-electron chi connectivity index (χ4n) is 2.13. The second-order valence-electron chi connectivity index (χ2n) is 5.15. The summed E-state index contributed by atoms with van der Waals surface area (Å²) in [5.74, 6) is -0.341. The van der Waals surface area contributed by atoms with Gasteiger partial charge in [-0.2, -0.15) is 0 Å². The van der Waals surface area contributed by atoms with Crippen molar-refractivity contribution in [2.75, 3.05) is 11.9 Å². The fourth-order valence-corrected chi connectivity index (χ4v) is 2.79. The van der Waals surface area contributed by atoms with Crippen molar-refractivity contribution < 1.29 is 13.2 Å². The van der Waals surface area contributed by atoms with E-state index in [2.05, 4.69) is 5.32 Å². The minimum absolute atomic E-state index is 0.116. The average Bonchev–Trinajstić information content (AvgIpc) is 2.42. The van der Waals surface area contributed by atoms with Gasteiger partial charge in [0.2, 0.25) is 15.9 Å². The maximum Gasteiger partial charge on any atom is 0.231 e.